The number of halogens is 1. The molecule has 1 saturated heterocycles. The van der Waals surface area contributed by atoms with E-state index in [4.69, 9.17) is 10.8 Å². The summed E-state index contributed by atoms with van der Waals surface area (Å²) >= 11 is 0. The number of rotatable bonds is 4. The zero-order chi connectivity index (χ0) is 14.8. The molecule has 112 valence electrons. The third-order valence-corrected chi connectivity index (χ3v) is 5.54. The minimum Gasteiger partial charge on any atom is -0.399 e. The molecule has 0 saturated carbocycles. The minimum absolute atomic E-state index is 0.0872. The van der Waals surface area contributed by atoms with Crippen LogP contribution in [0.4, 0.5) is 10.1 Å². The van der Waals surface area contributed by atoms with Crippen molar-refractivity contribution >= 4 is 15.7 Å². The molecule has 2 rings (SSSR count). The maximum atomic E-state index is 13.8. The third-order valence-electron chi connectivity index (χ3n) is 3.58. The molecule has 1 fully saturated rings. The molecule has 0 aliphatic carbocycles. The normalized spacial score (nSPS) is 21.0. The average Bonchev–Trinajstić information content (AvgIpc) is 2.42. The van der Waals surface area contributed by atoms with Crippen molar-refractivity contribution in [2.45, 2.75) is 36.6 Å². The maximum Gasteiger partial charge on any atom is 0.246 e. The van der Waals surface area contributed by atoms with E-state index in [0.717, 1.165) is 25.0 Å². The Kier molecular flexibility index (Phi) is 4.62. The first-order valence-corrected chi connectivity index (χ1v) is 8.08. The van der Waals surface area contributed by atoms with Gasteiger partial charge in [0.15, 0.2) is 0 Å². The van der Waals surface area contributed by atoms with E-state index in [1.54, 1.807) is 0 Å². The van der Waals surface area contributed by atoms with Crippen LogP contribution in [0.5, 0.6) is 0 Å². The summed E-state index contributed by atoms with van der Waals surface area (Å²) in [7, 11) is -3.92. The van der Waals surface area contributed by atoms with Gasteiger partial charge in [0.25, 0.3) is 0 Å². The summed E-state index contributed by atoms with van der Waals surface area (Å²) in [5.41, 5.74) is 5.77. The summed E-state index contributed by atoms with van der Waals surface area (Å²) in [6, 6.07) is 3.26. The van der Waals surface area contributed by atoms with E-state index in [2.05, 4.69) is 0 Å². The maximum absolute atomic E-state index is 13.8. The van der Waals surface area contributed by atoms with Crippen molar-refractivity contribution in [1.29, 1.82) is 0 Å². The number of sulfonamides is 1. The summed E-state index contributed by atoms with van der Waals surface area (Å²) < 4.78 is 40.3. The Bertz CT molecular complexity index is 575. The standard InChI is InChI=1S/C13H19FN2O3S/c14-12-5-4-10(15)9-13(12)20(18,19)16-7-2-1-3-11(16)6-8-17/h4-5,9,11,17H,1-3,6-8,15H2. The van der Waals surface area contributed by atoms with Crippen LogP contribution >= 0.6 is 0 Å². The lowest BCUT2D eigenvalue weighted by Crippen LogP contribution is -2.44. The second-order valence-electron chi connectivity index (χ2n) is 4.97. The van der Waals surface area contributed by atoms with Crippen molar-refractivity contribution in [3.63, 3.8) is 0 Å². The Hall–Kier alpha value is -1.18. The van der Waals surface area contributed by atoms with E-state index in [0.29, 0.717) is 19.4 Å². The SMILES string of the molecule is Nc1ccc(F)c(S(=O)(=O)N2CCCCC2CCO)c1. The van der Waals surface area contributed by atoms with Gasteiger partial charge in [-0.05, 0) is 37.5 Å². The van der Waals surface area contributed by atoms with Crippen LogP contribution in [-0.2, 0) is 10.0 Å². The second kappa shape index (κ2) is 6.07. The molecule has 1 aliphatic rings. The molecule has 1 aromatic rings. The Balaban J connectivity index is 2.39. The van der Waals surface area contributed by atoms with Crippen LogP contribution in [0.3, 0.4) is 0 Å². The van der Waals surface area contributed by atoms with E-state index in [1.807, 2.05) is 0 Å². The van der Waals surface area contributed by atoms with E-state index in [1.165, 1.54) is 10.4 Å². The molecule has 5 nitrogen and oxygen atoms in total. The van der Waals surface area contributed by atoms with Gasteiger partial charge in [0.2, 0.25) is 10.0 Å². The van der Waals surface area contributed by atoms with Crippen LogP contribution in [0.2, 0.25) is 0 Å². The van der Waals surface area contributed by atoms with E-state index in [-0.39, 0.29) is 23.2 Å². The lowest BCUT2D eigenvalue weighted by Gasteiger charge is -2.34. The summed E-state index contributed by atoms with van der Waals surface area (Å²) in [6.07, 6.45) is 2.70. The number of aliphatic hydroxyl groups excluding tert-OH is 1. The highest BCUT2D eigenvalue weighted by Gasteiger charge is 2.34. The first kappa shape index (κ1) is 15.2. The number of nitrogens with zero attached hydrogens (tertiary/aromatic N) is 1. The number of anilines is 1. The molecular weight excluding hydrogens is 283 g/mol. The van der Waals surface area contributed by atoms with Crippen LogP contribution in [0.15, 0.2) is 23.1 Å². The topological polar surface area (TPSA) is 83.6 Å². The number of hydrogen-bond donors (Lipinski definition) is 2. The fraction of sp³-hybridized carbons (Fsp3) is 0.538. The Labute approximate surface area is 118 Å². The van der Waals surface area contributed by atoms with Crippen molar-refractivity contribution in [1.82, 2.24) is 4.31 Å². The third kappa shape index (κ3) is 2.94. The largest absolute Gasteiger partial charge is 0.399 e. The summed E-state index contributed by atoms with van der Waals surface area (Å²) in [5.74, 6) is -0.799. The lowest BCUT2D eigenvalue weighted by molar-refractivity contribution is 0.192. The van der Waals surface area contributed by atoms with Crippen molar-refractivity contribution in [3.05, 3.63) is 24.0 Å². The van der Waals surface area contributed by atoms with E-state index in [9.17, 15) is 12.8 Å². The fourth-order valence-corrected chi connectivity index (χ4v) is 4.40. The monoisotopic (exact) mass is 302 g/mol. The molecule has 1 aromatic carbocycles. The highest BCUT2D eigenvalue weighted by Crippen LogP contribution is 2.29. The van der Waals surface area contributed by atoms with Gasteiger partial charge in [0.1, 0.15) is 10.7 Å². The predicted molar refractivity (Wildman–Crippen MR) is 74.0 cm³/mol. The van der Waals surface area contributed by atoms with Crippen LogP contribution < -0.4 is 5.73 Å². The zero-order valence-corrected chi connectivity index (χ0v) is 11.9. The van der Waals surface area contributed by atoms with Crippen molar-refractivity contribution in [2.75, 3.05) is 18.9 Å². The molecule has 0 amide bonds. The number of aliphatic hydroxyl groups is 1. The number of nitrogen functional groups attached to an aromatic ring is 1. The second-order valence-corrected chi connectivity index (χ2v) is 6.83. The van der Waals surface area contributed by atoms with Gasteiger partial charge in [0.05, 0.1) is 0 Å². The molecule has 0 radical (unpaired) electrons. The van der Waals surface area contributed by atoms with Gasteiger partial charge in [0, 0.05) is 24.9 Å². The van der Waals surface area contributed by atoms with Crippen LogP contribution in [0, 0.1) is 5.82 Å². The van der Waals surface area contributed by atoms with Gasteiger partial charge in [-0.2, -0.15) is 4.31 Å². The average molecular weight is 302 g/mol. The van der Waals surface area contributed by atoms with E-state index < -0.39 is 15.8 Å². The molecule has 0 bridgehead atoms. The summed E-state index contributed by atoms with van der Waals surface area (Å²) in [5, 5.41) is 9.06. The highest BCUT2D eigenvalue weighted by molar-refractivity contribution is 7.89. The molecule has 3 N–H and O–H groups in total. The van der Waals surface area contributed by atoms with Gasteiger partial charge >= 0.3 is 0 Å². The van der Waals surface area contributed by atoms with Crippen molar-refractivity contribution < 1.29 is 17.9 Å². The number of nitrogens with two attached hydrogens (primary N) is 1. The summed E-state index contributed by atoms with van der Waals surface area (Å²) in [4.78, 5) is -0.387. The van der Waals surface area contributed by atoms with Crippen LogP contribution in [0.25, 0.3) is 0 Å². The molecule has 20 heavy (non-hydrogen) atoms. The highest BCUT2D eigenvalue weighted by atomic mass is 32.2. The number of piperidine rings is 1. The Morgan fingerprint density at radius 2 is 2.15 bits per heavy atom. The smallest absolute Gasteiger partial charge is 0.246 e. The zero-order valence-electron chi connectivity index (χ0n) is 11.1. The molecule has 1 heterocycles. The molecule has 7 heteroatoms. The first-order valence-electron chi connectivity index (χ1n) is 6.64. The van der Waals surface area contributed by atoms with Gasteiger partial charge in [-0.3, -0.25) is 0 Å². The van der Waals surface area contributed by atoms with Crippen molar-refractivity contribution in [2.24, 2.45) is 0 Å². The van der Waals surface area contributed by atoms with E-state index >= 15 is 0 Å². The van der Waals surface area contributed by atoms with Gasteiger partial charge in [-0.15, -0.1) is 0 Å². The quantitative estimate of drug-likeness (QED) is 0.822. The fourth-order valence-electron chi connectivity index (χ4n) is 2.57. The Morgan fingerprint density at radius 3 is 2.85 bits per heavy atom. The molecular formula is C13H19FN2O3S. The summed E-state index contributed by atoms with van der Waals surface area (Å²) in [6.45, 7) is 0.261. The number of benzene rings is 1. The molecule has 0 aromatic heterocycles. The molecule has 1 aliphatic heterocycles. The van der Waals surface area contributed by atoms with Gasteiger partial charge in [-0.25, -0.2) is 12.8 Å². The first-order chi connectivity index (χ1) is 9.46. The van der Waals surface area contributed by atoms with Gasteiger partial charge in [-0.1, -0.05) is 6.42 Å². The molecule has 1 unspecified atom stereocenters. The lowest BCUT2D eigenvalue weighted by atomic mass is 10.0. The van der Waals surface area contributed by atoms with Crippen LogP contribution in [0.1, 0.15) is 25.7 Å². The predicted octanol–water partition coefficient (Wildman–Crippen LogP) is 1.33. The van der Waals surface area contributed by atoms with Crippen LogP contribution in [-0.4, -0.2) is 37.0 Å². The van der Waals surface area contributed by atoms with Crippen molar-refractivity contribution in [3.8, 4) is 0 Å². The Morgan fingerprint density at radius 1 is 1.40 bits per heavy atom. The molecule has 0 spiro atoms. The van der Waals surface area contributed by atoms with Gasteiger partial charge < -0.3 is 10.8 Å². The minimum atomic E-state index is -3.92. The molecule has 1 atom stereocenters. The number of hydrogen-bond acceptors (Lipinski definition) is 4.